The Hall–Kier alpha value is -3.75. The summed E-state index contributed by atoms with van der Waals surface area (Å²) in [6.45, 7) is 3.40. The van der Waals surface area contributed by atoms with Crippen molar-refractivity contribution in [1.29, 1.82) is 0 Å². The van der Waals surface area contributed by atoms with E-state index in [2.05, 4.69) is 37.9 Å². The lowest BCUT2D eigenvalue weighted by atomic mass is 10.1. The highest BCUT2D eigenvalue weighted by Crippen LogP contribution is 2.15. The zero-order valence-corrected chi connectivity index (χ0v) is 17.2. The highest BCUT2D eigenvalue weighted by molar-refractivity contribution is 5.80. The van der Waals surface area contributed by atoms with Gasteiger partial charge in [0.25, 0.3) is 0 Å². The number of hydrogen-bond donors (Lipinski definition) is 1. The molecule has 1 aliphatic heterocycles. The van der Waals surface area contributed by atoms with Crippen LogP contribution in [-0.2, 0) is 16.0 Å². The zero-order chi connectivity index (χ0) is 21.5. The molecule has 1 aromatic heterocycles. The van der Waals surface area contributed by atoms with Crippen LogP contribution in [0, 0.1) is 0 Å². The first-order valence-corrected chi connectivity index (χ1v) is 10.4. The summed E-state index contributed by atoms with van der Waals surface area (Å²) in [5, 5.41) is 13.9. The maximum atomic E-state index is 12.5. The second-order valence-electron chi connectivity index (χ2n) is 7.40. The molecule has 3 aromatic rings. The van der Waals surface area contributed by atoms with E-state index in [-0.39, 0.29) is 18.2 Å². The van der Waals surface area contributed by atoms with Gasteiger partial charge in [0, 0.05) is 44.8 Å². The summed E-state index contributed by atoms with van der Waals surface area (Å²) in [7, 11) is 0. The molecule has 1 saturated heterocycles. The van der Waals surface area contributed by atoms with Gasteiger partial charge in [-0.15, -0.1) is 5.10 Å². The molecule has 2 amide bonds. The molecule has 0 bridgehead atoms. The van der Waals surface area contributed by atoms with Gasteiger partial charge in [0.2, 0.25) is 11.8 Å². The van der Waals surface area contributed by atoms with Crippen LogP contribution in [0.5, 0.6) is 0 Å². The fraction of sp³-hybridized carbons (Fsp3) is 0.318. The van der Waals surface area contributed by atoms with Crippen molar-refractivity contribution in [2.75, 3.05) is 37.6 Å². The molecule has 0 radical (unpaired) electrons. The van der Waals surface area contributed by atoms with Gasteiger partial charge in [0.15, 0.2) is 0 Å². The summed E-state index contributed by atoms with van der Waals surface area (Å²) in [4.78, 5) is 28.8. The molecule has 2 heterocycles. The zero-order valence-electron chi connectivity index (χ0n) is 17.2. The molecule has 9 heteroatoms. The lowest BCUT2D eigenvalue weighted by molar-refractivity contribution is -0.131. The topological polar surface area (TPSA) is 96.2 Å². The number of hydrogen-bond acceptors (Lipinski definition) is 6. The Kier molecular flexibility index (Phi) is 6.51. The SMILES string of the molecule is O=C(Cc1ccc(-n2cnnn2)cc1)NCCC(=O)N1CCN(c2ccccc2)CC1. The first-order valence-electron chi connectivity index (χ1n) is 10.4. The molecular weight excluding hydrogens is 394 g/mol. The Labute approximate surface area is 180 Å². The van der Waals surface area contributed by atoms with Gasteiger partial charge in [-0.3, -0.25) is 9.59 Å². The third-order valence-corrected chi connectivity index (χ3v) is 5.33. The average Bonchev–Trinajstić information content (AvgIpc) is 3.35. The number of rotatable bonds is 7. The lowest BCUT2D eigenvalue weighted by Gasteiger charge is -2.36. The van der Waals surface area contributed by atoms with Crippen molar-refractivity contribution in [2.24, 2.45) is 0 Å². The van der Waals surface area contributed by atoms with Gasteiger partial charge in [-0.05, 0) is 40.3 Å². The molecule has 4 rings (SSSR count). The number of aromatic nitrogens is 4. The molecule has 0 unspecified atom stereocenters. The van der Waals surface area contributed by atoms with E-state index in [9.17, 15) is 9.59 Å². The molecular formula is C22H25N7O2. The van der Waals surface area contributed by atoms with Gasteiger partial charge in [-0.1, -0.05) is 30.3 Å². The van der Waals surface area contributed by atoms with Crippen LogP contribution in [0.15, 0.2) is 60.9 Å². The highest BCUT2D eigenvalue weighted by Gasteiger charge is 2.21. The largest absolute Gasteiger partial charge is 0.368 e. The van der Waals surface area contributed by atoms with Crippen LogP contribution >= 0.6 is 0 Å². The Balaban J connectivity index is 1.16. The van der Waals surface area contributed by atoms with Crippen LogP contribution in [0.25, 0.3) is 5.69 Å². The minimum atomic E-state index is -0.100. The van der Waals surface area contributed by atoms with E-state index >= 15 is 0 Å². The number of amides is 2. The summed E-state index contributed by atoms with van der Waals surface area (Å²) >= 11 is 0. The number of nitrogens with zero attached hydrogens (tertiary/aromatic N) is 6. The Morgan fingerprint density at radius 3 is 2.32 bits per heavy atom. The predicted molar refractivity (Wildman–Crippen MR) is 116 cm³/mol. The Morgan fingerprint density at radius 2 is 1.65 bits per heavy atom. The molecule has 0 atom stereocenters. The number of benzene rings is 2. The van der Waals surface area contributed by atoms with E-state index in [0.717, 1.165) is 24.3 Å². The van der Waals surface area contributed by atoms with Crippen LogP contribution in [0.4, 0.5) is 5.69 Å². The Morgan fingerprint density at radius 1 is 0.903 bits per heavy atom. The summed E-state index contributed by atoms with van der Waals surface area (Å²) in [6.07, 6.45) is 2.09. The average molecular weight is 419 g/mol. The minimum absolute atomic E-state index is 0.0822. The third kappa shape index (κ3) is 5.44. The summed E-state index contributed by atoms with van der Waals surface area (Å²) in [5.74, 6) is -0.0179. The molecule has 1 N–H and O–H groups in total. The summed E-state index contributed by atoms with van der Waals surface area (Å²) in [5.41, 5.74) is 2.90. The summed E-state index contributed by atoms with van der Waals surface area (Å²) in [6, 6.07) is 17.7. The normalized spacial score (nSPS) is 13.8. The first kappa shape index (κ1) is 20.5. The number of carbonyl (C=O) groups is 2. The van der Waals surface area contributed by atoms with Crippen molar-refractivity contribution in [3.63, 3.8) is 0 Å². The van der Waals surface area contributed by atoms with Gasteiger partial charge >= 0.3 is 0 Å². The highest BCUT2D eigenvalue weighted by atomic mass is 16.2. The van der Waals surface area contributed by atoms with Crippen LogP contribution in [-0.4, -0.2) is 69.6 Å². The summed E-state index contributed by atoms with van der Waals surface area (Å²) < 4.78 is 1.55. The number of nitrogens with one attached hydrogen (secondary N) is 1. The third-order valence-electron chi connectivity index (χ3n) is 5.33. The Bertz CT molecular complexity index is 982. The van der Waals surface area contributed by atoms with E-state index in [1.165, 1.54) is 12.0 Å². The van der Waals surface area contributed by atoms with Gasteiger partial charge in [-0.2, -0.15) is 0 Å². The molecule has 1 aliphatic rings. The van der Waals surface area contributed by atoms with E-state index in [1.54, 1.807) is 4.68 Å². The van der Waals surface area contributed by atoms with Crippen molar-refractivity contribution in [3.05, 3.63) is 66.5 Å². The van der Waals surface area contributed by atoms with E-state index in [0.29, 0.717) is 26.1 Å². The van der Waals surface area contributed by atoms with Crippen LogP contribution in [0.1, 0.15) is 12.0 Å². The van der Waals surface area contributed by atoms with Crippen molar-refractivity contribution in [3.8, 4) is 5.69 Å². The van der Waals surface area contributed by atoms with Crippen molar-refractivity contribution in [1.82, 2.24) is 30.4 Å². The van der Waals surface area contributed by atoms with Gasteiger partial charge < -0.3 is 15.1 Å². The maximum absolute atomic E-state index is 12.5. The van der Waals surface area contributed by atoms with Gasteiger partial charge in [0.05, 0.1) is 12.1 Å². The van der Waals surface area contributed by atoms with E-state index in [4.69, 9.17) is 0 Å². The van der Waals surface area contributed by atoms with E-state index < -0.39 is 0 Å². The van der Waals surface area contributed by atoms with Gasteiger partial charge in [-0.25, -0.2) is 4.68 Å². The number of carbonyl (C=O) groups excluding carboxylic acids is 2. The van der Waals surface area contributed by atoms with Crippen molar-refractivity contribution >= 4 is 17.5 Å². The second-order valence-corrected chi connectivity index (χ2v) is 7.40. The molecule has 2 aromatic carbocycles. The van der Waals surface area contributed by atoms with Crippen molar-refractivity contribution in [2.45, 2.75) is 12.8 Å². The minimum Gasteiger partial charge on any atom is -0.368 e. The van der Waals surface area contributed by atoms with Crippen LogP contribution in [0.2, 0.25) is 0 Å². The van der Waals surface area contributed by atoms with Crippen LogP contribution in [0.3, 0.4) is 0 Å². The number of anilines is 1. The predicted octanol–water partition coefficient (Wildman–Crippen LogP) is 1.06. The molecule has 0 spiro atoms. The van der Waals surface area contributed by atoms with Crippen molar-refractivity contribution < 1.29 is 9.59 Å². The number of tetrazole rings is 1. The smallest absolute Gasteiger partial charge is 0.224 e. The number of piperazine rings is 1. The second kappa shape index (κ2) is 9.84. The fourth-order valence-corrected chi connectivity index (χ4v) is 3.61. The molecule has 31 heavy (non-hydrogen) atoms. The molecule has 1 fully saturated rings. The van der Waals surface area contributed by atoms with Gasteiger partial charge in [0.1, 0.15) is 6.33 Å². The maximum Gasteiger partial charge on any atom is 0.224 e. The fourth-order valence-electron chi connectivity index (χ4n) is 3.61. The molecule has 160 valence electrons. The first-order chi connectivity index (χ1) is 15.2. The quantitative estimate of drug-likeness (QED) is 0.615. The van der Waals surface area contributed by atoms with Crippen LogP contribution < -0.4 is 10.2 Å². The molecule has 9 nitrogen and oxygen atoms in total. The monoisotopic (exact) mass is 419 g/mol. The standard InChI is InChI=1S/C22H25N7O2/c30-21(16-18-6-8-20(9-7-18)29-17-24-25-26-29)23-11-10-22(31)28-14-12-27(13-15-28)19-4-2-1-3-5-19/h1-9,17H,10-16H2,(H,23,30). The number of para-hydroxylation sites is 1. The van der Waals surface area contributed by atoms with E-state index in [1.807, 2.05) is 47.4 Å². The lowest BCUT2D eigenvalue weighted by Crippen LogP contribution is -2.49. The molecule has 0 saturated carbocycles. The molecule has 0 aliphatic carbocycles.